The summed E-state index contributed by atoms with van der Waals surface area (Å²) >= 11 is 18.6. The Bertz CT molecular complexity index is 2790. The van der Waals surface area contributed by atoms with Crippen molar-refractivity contribution in [3.05, 3.63) is 86.4 Å². The lowest BCUT2D eigenvalue weighted by Crippen LogP contribution is -2.53. The van der Waals surface area contributed by atoms with E-state index in [9.17, 15) is 38.4 Å². The number of Topliss-reactive ketones (excluding diaryl/α,β-unsaturated/α-hetero) is 2. The number of carbonyl (C=O) groups excluding carboxylic acids is 7. The number of ketones is 2. The highest BCUT2D eigenvalue weighted by atomic mass is 35.5. The molecule has 0 aromatic heterocycles. The third-order valence-electron chi connectivity index (χ3n) is 15.6. The van der Waals surface area contributed by atoms with Crippen LogP contribution in [0.15, 0.2) is 54.6 Å². The molecular formula is C64H90Cl4N6O12. The average molecular weight is 1280 g/mol. The number of hydrogen-bond acceptors (Lipinski definition) is 15. The molecule has 3 atom stereocenters. The van der Waals surface area contributed by atoms with Gasteiger partial charge in [-0.15, -0.1) is 12.4 Å². The maximum atomic E-state index is 12.6. The molecule has 5 aliphatic heterocycles. The largest absolute Gasteiger partial charge is 0.481 e. The second-order valence-corrected chi connectivity index (χ2v) is 24.5. The number of aliphatic carboxylic acids is 1. The number of nitrogens with one attached hydrogen (secondary N) is 1. The number of esters is 3. The summed E-state index contributed by atoms with van der Waals surface area (Å²) in [5.74, 6) is -3.09. The van der Waals surface area contributed by atoms with Crippen molar-refractivity contribution in [1.82, 2.24) is 15.1 Å². The van der Waals surface area contributed by atoms with E-state index in [-0.39, 0.29) is 117 Å². The van der Waals surface area contributed by atoms with Gasteiger partial charge in [0.1, 0.15) is 17.2 Å². The van der Waals surface area contributed by atoms with Crippen molar-refractivity contribution in [1.29, 1.82) is 0 Å². The van der Waals surface area contributed by atoms with Crippen molar-refractivity contribution < 1.29 is 57.7 Å². The molecule has 3 aromatic carbocycles. The van der Waals surface area contributed by atoms with Gasteiger partial charge in [-0.3, -0.25) is 38.4 Å². The van der Waals surface area contributed by atoms with Crippen LogP contribution in [0.3, 0.4) is 0 Å². The van der Waals surface area contributed by atoms with E-state index < -0.39 is 17.4 Å². The Balaban J connectivity index is 0.000000260. The first-order chi connectivity index (χ1) is 40.2. The van der Waals surface area contributed by atoms with Crippen LogP contribution in [0.4, 0.5) is 17.1 Å². The molecule has 2 amide bonds. The third kappa shape index (κ3) is 22.8. The van der Waals surface area contributed by atoms with E-state index in [0.29, 0.717) is 57.9 Å². The van der Waals surface area contributed by atoms with Crippen molar-refractivity contribution in [3.63, 3.8) is 0 Å². The van der Waals surface area contributed by atoms with Crippen LogP contribution in [0.1, 0.15) is 156 Å². The summed E-state index contributed by atoms with van der Waals surface area (Å²) in [6.45, 7) is 25.2. The van der Waals surface area contributed by atoms with Gasteiger partial charge in [0.25, 0.3) is 5.79 Å². The van der Waals surface area contributed by atoms with Crippen LogP contribution < -0.4 is 20.0 Å². The molecule has 18 nitrogen and oxygen atoms in total. The molecule has 5 fully saturated rings. The Morgan fingerprint density at radius 1 is 0.581 bits per heavy atom. The summed E-state index contributed by atoms with van der Waals surface area (Å²) in [5.41, 5.74) is 6.45. The van der Waals surface area contributed by atoms with E-state index in [1.807, 2.05) is 35.2 Å². The number of rotatable bonds is 18. The number of carboxylic acids is 1. The van der Waals surface area contributed by atoms with Gasteiger partial charge in [-0.05, 0) is 132 Å². The minimum absolute atomic E-state index is 0. The molecule has 8 rings (SSSR count). The van der Waals surface area contributed by atoms with E-state index in [0.717, 1.165) is 89.6 Å². The first kappa shape index (κ1) is 72.8. The number of benzene rings is 3. The van der Waals surface area contributed by atoms with E-state index >= 15 is 0 Å². The maximum Gasteiger partial charge on any atom is 0.309 e. The molecule has 0 unspecified atom stereocenters. The number of carboxylic acid groups (broad SMARTS) is 1. The van der Waals surface area contributed by atoms with Gasteiger partial charge in [0.2, 0.25) is 11.8 Å². The monoisotopic (exact) mass is 1270 g/mol. The SMILES string of the molecule is CCc1cc(N2CCN(C(=O)CCC(=O)CCC(=O)O)C[C@@H]2C)ccc1Cl.CCc1cc(N2CCN(C(=O)CCC(=O)CCC(=O)OC(C)(C)C)C[C@@H]2C)ccc1Cl.CCc1cc(N2CCNC[C@@H]2C)ccc1Cl.Cl.O=C1CCC2(CCC(=O)O2)O1. The topological polar surface area (TPSA) is 213 Å². The molecule has 476 valence electrons. The Kier molecular flexibility index (Phi) is 29.4. The molecule has 0 saturated carbocycles. The van der Waals surface area contributed by atoms with Gasteiger partial charge in [0.15, 0.2) is 0 Å². The number of amides is 2. The van der Waals surface area contributed by atoms with Gasteiger partial charge in [0.05, 0.1) is 25.7 Å². The fraction of sp³-hybridized carbons (Fsp3) is 0.594. The van der Waals surface area contributed by atoms with Crippen LogP contribution in [0.5, 0.6) is 0 Å². The molecule has 5 heterocycles. The number of carbonyl (C=O) groups is 8. The molecule has 22 heteroatoms. The number of hydrogen-bond donors (Lipinski definition) is 2. The standard InChI is InChI=1S/C24H35ClN2O4.C20H27ClN2O4.C13H19ClN2.C7H8O4.ClH/c1-6-18-15-19(7-10-21(18)25)27-14-13-26(16-17(27)2)22(29)11-8-20(28)9-12-23(30)31-24(3,4)5;1-3-15-12-16(4-7-18(15)21)23-11-10-22(13-14(23)2)19(25)8-5-17(24)6-9-20(26)27;1-3-11-8-12(4-5-13(11)14)16-7-6-15-9-10(16)2;8-5-1-3-7(10-5)4-2-6(9)11-7;/h7,10,15,17H,6,8-9,11-14,16H2,1-5H3;4,7,12,14H,3,5-6,8-11,13H2,1-2H3,(H,26,27);4-5,8,10,15H,3,6-7,9H2,1-2H3;1-4H2;1H/t17-;14-;10-;;/m000../s1. The highest BCUT2D eigenvalue weighted by molar-refractivity contribution is 6.32. The van der Waals surface area contributed by atoms with Crippen molar-refractivity contribution in [2.75, 3.05) is 73.6 Å². The fourth-order valence-corrected chi connectivity index (χ4v) is 11.5. The molecule has 0 radical (unpaired) electrons. The van der Waals surface area contributed by atoms with E-state index in [1.54, 1.807) is 25.7 Å². The number of anilines is 3. The summed E-state index contributed by atoms with van der Waals surface area (Å²) in [6, 6.07) is 19.4. The van der Waals surface area contributed by atoms with Gasteiger partial charge >= 0.3 is 23.9 Å². The van der Waals surface area contributed by atoms with E-state index in [1.165, 1.54) is 11.3 Å². The Morgan fingerprint density at radius 3 is 1.30 bits per heavy atom. The van der Waals surface area contributed by atoms with Crippen LogP contribution in [-0.2, 0) is 71.8 Å². The number of nitrogens with zero attached hydrogens (tertiary/aromatic N) is 5. The fourth-order valence-electron chi connectivity index (χ4n) is 10.8. The first-order valence-electron chi connectivity index (χ1n) is 30.1. The van der Waals surface area contributed by atoms with E-state index in [2.05, 4.69) is 85.8 Å². The molecule has 1 spiro atoms. The zero-order valence-corrected chi connectivity index (χ0v) is 54.7. The van der Waals surface area contributed by atoms with Crippen LogP contribution in [0, 0.1) is 0 Å². The van der Waals surface area contributed by atoms with Crippen molar-refractivity contribution >= 4 is 112 Å². The summed E-state index contributed by atoms with van der Waals surface area (Å²) < 4.78 is 15.0. The molecule has 0 aliphatic carbocycles. The molecular weight excluding hydrogens is 1190 g/mol. The normalized spacial score (nSPS) is 18.9. The van der Waals surface area contributed by atoms with Gasteiger partial charge < -0.3 is 49.1 Å². The average Bonchev–Trinajstić information content (AvgIpc) is 4.19. The smallest absolute Gasteiger partial charge is 0.309 e. The van der Waals surface area contributed by atoms with Crippen molar-refractivity contribution in [3.8, 4) is 0 Å². The van der Waals surface area contributed by atoms with Crippen LogP contribution in [0.25, 0.3) is 0 Å². The number of piperazine rings is 3. The van der Waals surface area contributed by atoms with Crippen LogP contribution in [0.2, 0.25) is 15.1 Å². The molecule has 0 bridgehead atoms. The highest BCUT2D eigenvalue weighted by Gasteiger charge is 2.48. The van der Waals surface area contributed by atoms with Crippen molar-refractivity contribution in [2.24, 2.45) is 0 Å². The minimum Gasteiger partial charge on any atom is -0.481 e. The third-order valence-corrected chi connectivity index (χ3v) is 16.7. The first-order valence-corrected chi connectivity index (χ1v) is 31.2. The Hall–Kier alpha value is -5.66. The van der Waals surface area contributed by atoms with Gasteiger partial charge in [0, 0.05) is 161 Å². The Morgan fingerprint density at radius 2 is 0.965 bits per heavy atom. The summed E-state index contributed by atoms with van der Waals surface area (Å²) in [7, 11) is 0. The lowest BCUT2D eigenvalue weighted by Gasteiger charge is -2.41. The number of halogens is 4. The molecule has 5 aliphatic rings. The summed E-state index contributed by atoms with van der Waals surface area (Å²) in [5, 5.41) is 14.4. The molecule has 86 heavy (non-hydrogen) atoms. The van der Waals surface area contributed by atoms with E-state index in [4.69, 9.17) is 54.1 Å². The maximum absolute atomic E-state index is 12.6. The second kappa shape index (κ2) is 34.8. The zero-order valence-electron chi connectivity index (χ0n) is 51.6. The molecule has 3 aromatic rings. The summed E-state index contributed by atoms with van der Waals surface area (Å²) in [4.78, 5) is 103. The lowest BCUT2D eigenvalue weighted by molar-refractivity contribution is -0.197. The highest BCUT2D eigenvalue weighted by Crippen LogP contribution is 2.37. The molecule has 5 saturated heterocycles. The Labute approximate surface area is 529 Å². The van der Waals surface area contributed by atoms with Gasteiger partial charge in [-0.1, -0.05) is 55.6 Å². The van der Waals surface area contributed by atoms with Crippen molar-refractivity contribution in [2.45, 2.75) is 188 Å². The van der Waals surface area contributed by atoms with Gasteiger partial charge in [-0.2, -0.15) is 0 Å². The van der Waals surface area contributed by atoms with Crippen LogP contribution >= 0.6 is 47.2 Å². The summed E-state index contributed by atoms with van der Waals surface area (Å²) in [6.07, 6.45) is 5.11. The van der Waals surface area contributed by atoms with Gasteiger partial charge in [-0.25, -0.2) is 0 Å². The number of aryl methyl sites for hydroxylation is 3. The number of ether oxygens (including phenoxy) is 3. The lowest BCUT2D eigenvalue weighted by atomic mass is 10.1. The minimum atomic E-state index is -0.993. The zero-order chi connectivity index (χ0) is 62.6. The predicted molar refractivity (Wildman–Crippen MR) is 340 cm³/mol. The molecule has 2 N–H and O–H groups in total. The predicted octanol–water partition coefficient (Wildman–Crippen LogP) is 11.0. The quantitative estimate of drug-likeness (QED) is 0.113. The van der Waals surface area contributed by atoms with Crippen LogP contribution in [-0.4, -0.2) is 151 Å². The second-order valence-electron chi connectivity index (χ2n) is 23.3.